The van der Waals surface area contributed by atoms with Crippen LogP contribution in [0.3, 0.4) is 0 Å². The number of hydrogen-bond donors (Lipinski definition) is 2. The van der Waals surface area contributed by atoms with Crippen LogP contribution in [0.25, 0.3) is 0 Å². The highest BCUT2D eigenvalue weighted by Gasteiger charge is 2.28. The molecule has 0 spiro atoms. The molecule has 4 heteroatoms. The van der Waals surface area contributed by atoms with Crippen molar-refractivity contribution < 1.29 is 4.79 Å². The van der Waals surface area contributed by atoms with Gasteiger partial charge in [0.2, 0.25) is 5.91 Å². The van der Waals surface area contributed by atoms with Crippen molar-refractivity contribution in [2.75, 3.05) is 20.1 Å². The Hall–Kier alpha value is -1.39. The van der Waals surface area contributed by atoms with Crippen molar-refractivity contribution in [3.63, 3.8) is 0 Å². The normalized spacial score (nSPS) is 20.3. The largest absolute Gasteiger partial charge is 0.352 e. The summed E-state index contributed by atoms with van der Waals surface area (Å²) in [5.41, 5.74) is 2.59. The van der Waals surface area contributed by atoms with Crippen LogP contribution in [0.5, 0.6) is 0 Å². The first-order valence-electron chi connectivity index (χ1n) is 9.90. The van der Waals surface area contributed by atoms with Crippen LogP contribution in [0.15, 0.2) is 24.3 Å². The number of benzene rings is 1. The molecule has 1 saturated heterocycles. The first-order chi connectivity index (χ1) is 12.1. The van der Waals surface area contributed by atoms with E-state index in [0.29, 0.717) is 18.5 Å². The van der Waals surface area contributed by atoms with Crippen LogP contribution < -0.4 is 10.6 Å². The molecule has 1 aliphatic heterocycles. The minimum absolute atomic E-state index is 0.0957. The van der Waals surface area contributed by atoms with Crippen molar-refractivity contribution in [3.05, 3.63) is 35.4 Å². The zero-order valence-electron chi connectivity index (χ0n) is 15.8. The summed E-state index contributed by atoms with van der Waals surface area (Å²) in [6, 6.07) is 9.26. The van der Waals surface area contributed by atoms with Gasteiger partial charge in [-0.15, -0.1) is 0 Å². The summed E-state index contributed by atoms with van der Waals surface area (Å²) in [4.78, 5) is 14.9. The Morgan fingerprint density at radius 2 is 1.88 bits per heavy atom. The molecule has 1 aliphatic carbocycles. The lowest BCUT2D eigenvalue weighted by Gasteiger charge is -2.32. The summed E-state index contributed by atoms with van der Waals surface area (Å²) in [5, 5.41) is 6.40. The molecule has 1 aromatic carbocycles. The van der Waals surface area contributed by atoms with Crippen LogP contribution in [0.2, 0.25) is 0 Å². The van der Waals surface area contributed by atoms with E-state index < -0.39 is 0 Å². The summed E-state index contributed by atoms with van der Waals surface area (Å²) in [7, 11) is 2.25. The molecule has 0 aromatic heterocycles. The van der Waals surface area contributed by atoms with Crippen molar-refractivity contribution in [1.29, 1.82) is 0 Å². The van der Waals surface area contributed by atoms with Gasteiger partial charge in [0.1, 0.15) is 0 Å². The maximum Gasteiger partial charge on any atom is 0.223 e. The Labute approximate surface area is 152 Å². The highest BCUT2D eigenvalue weighted by atomic mass is 16.1. The van der Waals surface area contributed by atoms with Crippen LogP contribution >= 0.6 is 0 Å². The van der Waals surface area contributed by atoms with E-state index in [9.17, 15) is 4.79 Å². The fraction of sp³-hybridized carbons (Fsp3) is 0.667. The first kappa shape index (κ1) is 18.4. The summed E-state index contributed by atoms with van der Waals surface area (Å²) >= 11 is 0. The molecule has 1 amide bonds. The molecule has 2 N–H and O–H groups in total. The van der Waals surface area contributed by atoms with Crippen LogP contribution in [0.1, 0.15) is 50.2 Å². The molecule has 0 radical (unpaired) electrons. The van der Waals surface area contributed by atoms with E-state index in [4.69, 9.17) is 0 Å². The van der Waals surface area contributed by atoms with Gasteiger partial charge >= 0.3 is 0 Å². The standard InChI is InChI=1S/C21H33N3O/c1-16(19-12-22-13-19)21(25)23-14-17-8-6-7-9-18(17)15-24(2)20-10-4-3-5-11-20/h6-9,16,19-20,22H,3-5,10-15H2,1-2H3,(H,23,25). The van der Waals surface area contributed by atoms with Crippen molar-refractivity contribution in [3.8, 4) is 0 Å². The number of carbonyl (C=O) groups is 1. The average molecular weight is 344 g/mol. The summed E-state index contributed by atoms with van der Waals surface area (Å²) in [6.07, 6.45) is 6.76. The predicted molar refractivity (Wildman–Crippen MR) is 102 cm³/mol. The molecule has 1 heterocycles. The van der Waals surface area contributed by atoms with Gasteiger partial charge in [0, 0.05) is 25.0 Å². The van der Waals surface area contributed by atoms with Gasteiger partial charge in [-0.25, -0.2) is 0 Å². The highest BCUT2D eigenvalue weighted by molar-refractivity contribution is 5.78. The summed E-state index contributed by atoms with van der Waals surface area (Å²) in [5.74, 6) is 0.771. The highest BCUT2D eigenvalue weighted by Crippen LogP contribution is 2.23. The van der Waals surface area contributed by atoms with E-state index in [1.54, 1.807) is 0 Å². The Morgan fingerprint density at radius 3 is 2.52 bits per heavy atom. The number of nitrogens with one attached hydrogen (secondary N) is 2. The third-order valence-corrected chi connectivity index (χ3v) is 6.12. The molecule has 4 nitrogen and oxygen atoms in total. The van der Waals surface area contributed by atoms with Gasteiger partial charge in [0.25, 0.3) is 0 Å². The third kappa shape index (κ3) is 4.83. The minimum Gasteiger partial charge on any atom is -0.352 e. The first-order valence-corrected chi connectivity index (χ1v) is 9.90. The topological polar surface area (TPSA) is 44.4 Å². The fourth-order valence-corrected chi connectivity index (χ4v) is 4.03. The quantitative estimate of drug-likeness (QED) is 0.800. The van der Waals surface area contributed by atoms with E-state index in [2.05, 4.69) is 46.8 Å². The Balaban J connectivity index is 1.55. The number of amides is 1. The van der Waals surface area contributed by atoms with Crippen LogP contribution in [-0.2, 0) is 17.9 Å². The van der Waals surface area contributed by atoms with Gasteiger partial charge in [-0.05, 0) is 50.0 Å². The lowest BCUT2D eigenvalue weighted by Crippen LogP contribution is -2.49. The molecule has 1 atom stereocenters. The van der Waals surface area contributed by atoms with E-state index in [1.165, 1.54) is 43.2 Å². The Kier molecular flexibility index (Phi) is 6.49. The van der Waals surface area contributed by atoms with E-state index in [1.807, 2.05) is 6.92 Å². The van der Waals surface area contributed by atoms with Gasteiger partial charge in [0.15, 0.2) is 0 Å². The lowest BCUT2D eigenvalue weighted by atomic mass is 9.88. The molecule has 25 heavy (non-hydrogen) atoms. The second-order valence-corrected chi connectivity index (χ2v) is 7.90. The molecule has 138 valence electrons. The van der Waals surface area contributed by atoms with Gasteiger partial charge in [-0.2, -0.15) is 0 Å². The maximum absolute atomic E-state index is 12.4. The molecule has 3 rings (SSSR count). The molecule has 0 bridgehead atoms. The van der Waals surface area contributed by atoms with Crippen molar-refractivity contribution >= 4 is 5.91 Å². The van der Waals surface area contributed by atoms with Crippen LogP contribution in [0, 0.1) is 11.8 Å². The Bertz CT molecular complexity index is 564. The molecular formula is C21H33N3O. The zero-order valence-corrected chi connectivity index (χ0v) is 15.8. The van der Waals surface area contributed by atoms with Crippen molar-refractivity contribution in [2.24, 2.45) is 11.8 Å². The van der Waals surface area contributed by atoms with Gasteiger partial charge in [0.05, 0.1) is 0 Å². The lowest BCUT2D eigenvalue weighted by molar-refractivity contribution is -0.126. The Morgan fingerprint density at radius 1 is 1.20 bits per heavy atom. The monoisotopic (exact) mass is 343 g/mol. The minimum atomic E-state index is 0.0957. The molecular weight excluding hydrogens is 310 g/mol. The zero-order chi connectivity index (χ0) is 17.6. The SMILES string of the molecule is CC(C(=O)NCc1ccccc1CN(C)C1CCCCC1)C1CNC1. The third-order valence-electron chi connectivity index (χ3n) is 6.12. The van der Waals surface area contributed by atoms with Crippen LogP contribution in [0.4, 0.5) is 0 Å². The van der Waals surface area contributed by atoms with E-state index >= 15 is 0 Å². The summed E-state index contributed by atoms with van der Waals surface area (Å²) < 4.78 is 0. The molecule has 2 fully saturated rings. The summed E-state index contributed by atoms with van der Waals surface area (Å²) in [6.45, 7) is 5.59. The van der Waals surface area contributed by atoms with E-state index in [0.717, 1.165) is 19.6 Å². The smallest absolute Gasteiger partial charge is 0.223 e. The van der Waals surface area contributed by atoms with Gasteiger partial charge in [-0.3, -0.25) is 9.69 Å². The van der Waals surface area contributed by atoms with E-state index in [-0.39, 0.29) is 11.8 Å². The number of rotatable bonds is 7. The van der Waals surface area contributed by atoms with Gasteiger partial charge < -0.3 is 10.6 Å². The fourth-order valence-electron chi connectivity index (χ4n) is 4.03. The second kappa shape index (κ2) is 8.81. The molecule has 1 saturated carbocycles. The molecule has 1 aromatic rings. The van der Waals surface area contributed by atoms with Crippen molar-refractivity contribution in [1.82, 2.24) is 15.5 Å². The maximum atomic E-state index is 12.4. The van der Waals surface area contributed by atoms with Crippen molar-refractivity contribution in [2.45, 2.75) is 58.2 Å². The average Bonchev–Trinajstić information content (AvgIpc) is 2.60. The molecule has 1 unspecified atom stereocenters. The predicted octanol–water partition coefficient (Wildman–Crippen LogP) is 2.92. The van der Waals surface area contributed by atoms with Crippen LogP contribution in [-0.4, -0.2) is 37.0 Å². The number of hydrogen-bond acceptors (Lipinski definition) is 3. The van der Waals surface area contributed by atoms with Gasteiger partial charge in [-0.1, -0.05) is 50.5 Å². The molecule has 2 aliphatic rings. The second-order valence-electron chi connectivity index (χ2n) is 7.90. The number of nitrogens with zero attached hydrogens (tertiary/aromatic N) is 1. The number of carbonyl (C=O) groups excluding carboxylic acids is 1.